The van der Waals surface area contributed by atoms with Gasteiger partial charge in [0.2, 0.25) is 5.91 Å². The van der Waals surface area contributed by atoms with E-state index < -0.39 is 6.17 Å². The third-order valence-electron chi connectivity index (χ3n) is 5.34. The molecule has 0 spiro atoms. The first-order chi connectivity index (χ1) is 16.5. The zero-order chi connectivity index (χ0) is 24.1. The number of para-hydroxylation sites is 1. The number of rotatable bonds is 7. The Morgan fingerprint density at radius 3 is 2.50 bits per heavy atom. The molecule has 176 valence electrons. The Labute approximate surface area is 203 Å². The van der Waals surface area contributed by atoms with E-state index in [1.165, 1.54) is 6.92 Å². The lowest BCUT2D eigenvalue weighted by atomic mass is 10.0. The van der Waals surface area contributed by atoms with Crippen molar-refractivity contribution in [2.45, 2.75) is 19.5 Å². The number of nitrogens with zero attached hydrogens (tertiary/aromatic N) is 2. The van der Waals surface area contributed by atoms with Crippen LogP contribution in [0.5, 0.6) is 11.5 Å². The number of hydrogen-bond donors (Lipinski definition) is 3. The zero-order valence-electron chi connectivity index (χ0n) is 19.1. The van der Waals surface area contributed by atoms with Crippen LogP contribution >= 0.6 is 11.6 Å². The highest BCUT2D eigenvalue weighted by atomic mass is 35.5. The Balaban J connectivity index is 1.79. The number of anilines is 1. The number of nitrogens with one attached hydrogen (secondary N) is 3. The Morgan fingerprint density at radius 1 is 1.06 bits per heavy atom. The molecule has 1 unspecified atom stereocenters. The smallest absolute Gasteiger partial charge is 0.232 e. The standard InChI is InChI=1S/C25H26ClN5O3/c1-16(32)28-30-31-24(15-17-8-13-22(33-2)23(14-17)34-3)27-25(18-9-11-19(26)12-10-18)20-6-4-5-7-21(20)29-31/h4-14,24,29-30H,15H2,1-3H3,(H,28,32). The van der Waals surface area contributed by atoms with Crippen molar-refractivity contribution in [2.75, 3.05) is 19.6 Å². The van der Waals surface area contributed by atoms with Crippen LogP contribution in [0.25, 0.3) is 0 Å². The van der Waals surface area contributed by atoms with Crippen molar-refractivity contribution >= 4 is 28.9 Å². The van der Waals surface area contributed by atoms with Gasteiger partial charge in [-0.05, 0) is 35.9 Å². The Bertz CT molecular complexity index is 1200. The summed E-state index contributed by atoms with van der Waals surface area (Å²) >= 11 is 6.13. The highest BCUT2D eigenvalue weighted by Gasteiger charge is 2.26. The first kappa shape index (κ1) is 23.6. The van der Waals surface area contributed by atoms with Gasteiger partial charge in [-0.25, -0.2) is 0 Å². The number of aliphatic imine (C=N–C) groups is 1. The molecule has 8 nitrogen and oxygen atoms in total. The molecule has 1 heterocycles. The van der Waals surface area contributed by atoms with Crippen molar-refractivity contribution in [3.8, 4) is 11.5 Å². The first-order valence-electron chi connectivity index (χ1n) is 10.7. The third-order valence-corrected chi connectivity index (χ3v) is 5.59. The summed E-state index contributed by atoms with van der Waals surface area (Å²) in [4.78, 5) is 16.8. The summed E-state index contributed by atoms with van der Waals surface area (Å²) in [5.74, 6) is 1.05. The number of fused-ring (bicyclic) bond motifs is 1. The van der Waals surface area contributed by atoms with Crippen molar-refractivity contribution < 1.29 is 14.3 Å². The van der Waals surface area contributed by atoms with Crippen LogP contribution in [-0.4, -0.2) is 37.1 Å². The van der Waals surface area contributed by atoms with Gasteiger partial charge in [0.15, 0.2) is 11.5 Å². The van der Waals surface area contributed by atoms with Crippen LogP contribution in [0, 0.1) is 0 Å². The minimum Gasteiger partial charge on any atom is -0.493 e. The molecule has 3 N–H and O–H groups in total. The van der Waals surface area contributed by atoms with Crippen molar-refractivity contribution in [2.24, 2.45) is 4.99 Å². The van der Waals surface area contributed by atoms with Crippen LogP contribution in [-0.2, 0) is 11.2 Å². The molecule has 1 atom stereocenters. The van der Waals surface area contributed by atoms with E-state index >= 15 is 0 Å². The predicted molar refractivity (Wildman–Crippen MR) is 133 cm³/mol. The number of hydrazine groups is 3. The lowest BCUT2D eigenvalue weighted by Gasteiger charge is -2.29. The van der Waals surface area contributed by atoms with Crippen molar-refractivity contribution in [1.29, 1.82) is 0 Å². The monoisotopic (exact) mass is 479 g/mol. The molecule has 3 aromatic carbocycles. The Kier molecular flexibility index (Phi) is 7.32. The van der Waals surface area contributed by atoms with Gasteiger partial charge < -0.3 is 14.9 Å². The van der Waals surface area contributed by atoms with Gasteiger partial charge in [0.05, 0.1) is 25.6 Å². The molecular weight excluding hydrogens is 454 g/mol. The maximum absolute atomic E-state index is 11.6. The molecule has 0 saturated carbocycles. The molecule has 1 amide bonds. The molecule has 1 aliphatic rings. The van der Waals surface area contributed by atoms with Crippen molar-refractivity contribution in [3.05, 3.63) is 88.4 Å². The molecule has 3 aromatic rings. The second-order valence-electron chi connectivity index (χ2n) is 7.68. The molecule has 34 heavy (non-hydrogen) atoms. The molecule has 0 fully saturated rings. The Morgan fingerprint density at radius 2 is 1.79 bits per heavy atom. The van der Waals surface area contributed by atoms with Gasteiger partial charge in [-0.15, -0.1) is 10.7 Å². The molecule has 0 radical (unpaired) electrons. The molecule has 4 rings (SSSR count). The van der Waals surface area contributed by atoms with Crippen LogP contribution in [0.2, 0.25) is 5.02 Å². The number of ether oxygens (including phenoxy) is 2. The molecule has 9 heteroatoms. The summed E-state index contributed by atoms with van der Waals surface area (Å²) in [5.41, 5.74) is 13.4. The largest absolute Gasteiger partial charge is 0.493 e. The fourth-order valence-corrected chi connectivity index (χ4v) is 3.83. The van der Waals surface area contributed by atoms with Crippen LogP contribution < -0.4 is 25.9 Å². The quantitative estimate of drug-likeness (QED) is 0.445. The SMILES string of the molecule is COc1ccc(CC2N=C(c3ccc(Cl)cc3)c3ccccc3NN2NNC(C)=O)cc1OC. The number of carbonyl (C=O) groups is 1. The van der Waals surface area contributed by atoms with E-state index in [9.17, 15) is 4.79 Å². The molecule has 0 saturated heterocycles. The number of carbonyl (C=O) groups excluding carboxylic acids is 1. The maximum atomic E-state index is 11.6. The molecule has 1 aliphatic heterocycles. The predicted octanol–water partition coefficient (Wildman–Crippen LogP) is 3.96. The summed E-state index contributed by atoms with van der Waals surface area (Å²) in [5, 5.41) is 2.33. The fraction of sp³-hybridized carbons (Fsp3) is 0.200. The van der Waals surface area contributed by atoms with E-state index in [0.717, 1.165) is 28.1 Å². The van der Waals surface area contributed by atoms with Gasteiger partial charge in [-0.2, -0.15) is 0 Å². The van der Waals surface area contributed by atoms with E-state index in [4.69, 9.17) is 26.1 Å². The first-order valence-corrected chi connectivity index (χ1v) is 11.1. The second kappa shape index (κ2) is 10.6. The van der Waals surface area contributed by atoms with Crippen LogP contribution in [0.3, 0.4) is 0 Å². The highest BCUT2D eigenvalue weighted by molar-refractivity contribution is 6.30. The van der Waals surface area contributed by atoms with Gasteiger partial charge >= 0.3 is 0 Å². The molecular formula is C25H26ClN5O3. The van der Waals surface area contributed by atoms with Crippen LogP contribution in [0.15, 0.2) is 71.7 Å². The summed E-state index contributed by atoms with van der Waals surface area (Å²) in [6, 6.07) is 21.2. The average Bonchev–Trinajstić information content (AvgIpc) is 3.00. The van der Waals surface area contributed by atoms with E-state index in [-0.39, 0.29) is 5.91 Å². The van der Waals surface area contributed by atoms with Gasteiger partial charge in [0.1, 0.15) is 6.17 Å². The van der Waals surface area contributed by atoms with E-state index in [1.54, 1.807) is 19.3 Å². The van der Waals surface area contributed by atoms with Crippen LogP contribution in [0.1, 0.15) is 23.6 Å². The average molecular weight is 480 g/mol. The van der Waals surface area contributed by atoms with Gasteiger partial charge in [-0.3, -0.25) is 15.2 Å². The van der Waals surface area contributed by atoms with Gasteiger partial charge in [0.25, 0.3) is 0 Å². The fourth-order valence-electron chi connectivity index (χ4n) is 3.70. The summed E-state index contributed by atoms with van der Waals surface area (Å²) < 4.78 is 10.8. The topological polar surface area (TPSA) is 87.2 Å². The lowest BCUT2D eigenvalue weighted by molar-refractivity contribution is -0.121. The van der Waals surface area contributed by atoms with Crippen molar-refractivity contribution in [3.63, 3.8) is 0 Å². The Hall–Kier alpha value is -3.59. The number of halogens is 1. The minimum absolute atomic E-state index is 0.230. The second-order valence-corrected chi connectivity index (χ2v) is 8.12. The third kappa shape index (κ3) is 5.31. The number of hydrogen-bond acceptors (Lipinski definition) is 7. The summed E-state index contributed by atoms with van der Waals surface area (Å²) in [6.07, 6.45) is 0.0633. The zero-order valence-corrected chi connectivity index (χ0v) is 19.9. The van der Waals surface area contributed by atoms with Gasteiger partial charge in [-0.1, -0.05) is 48.0 Å². The van der Waals surface area contributed by atoms with E-state index in [1.807, 2.05) is 66.7 Å². The number of amides is 1. The summed E-state index contributed by atoms with van der Waals surface area (Å²) in [7, 11) is 3.21. The minimum atomic E-state index is -0.442. The van der Waals surface area contributed by atoms with E-state index in [2.05, 4.69) is 16.4 Å². The number of benzene rings is 3. The van der Waals surface area contributed by atoms with Crippen LogP contribution in [0.4, 0.5) is 5.69 Å². The summed E-state index contributed by atoms with van der Waals surface area (Å²) in [6.45, 7) is 1.44. The molecule has 0 bridgehead atoms. The maximum Gasteiger partial charge on any atom is 0.232 e. The van der Waals surface area contributed by atoms with Gasteiger partial charge in [0, 0.05) is 29.5 Å². The molecule has 0 aromatic heterocycles. The highest BCUT2D eigenvalue weighted by Crippen LogP contribution is 2.30. The van der Waals surface area contributed by atoms with Crippen molar-refractivity contribution in [1.82, 2.24) is 16.1 Å². The van der Waals surface area contributed by atoms with E-state index in [0.29, 0.717) is 22.9 Å². The normalized spacial score (nSPS) is 15.4. The molecule has 0 aliphatic carbocycles. The number of methoxy groups -OCH3 is 2. The lowest BCUT2D eigenvalue weighted by Crippen LogP contribution is -2.56.